The van der Waals surface area contributed by atoms with E-state index in [4.69, 9.17) is 24.4 Å². The Labute approximate surface area is 158 Å². The minimum atomic E-state index is 0.829. The van der Waals surface area contributed by atoms with Crippen molar-refractivity contribution < 1.29 is 4.79 Å². The van der Waals surface area contributed by atoms with Crippen molar-refractivity contribution in [2.45, 2.75) is 20.8 Å². The van der Waals surface area contributed by atoms with E-state index < -0.39 is 0 Å². The van der Waals surface area contributed by atoms with Crippen LogP contribution in [0.3, 0.4) is 0 Å². The monoisotopic (exact) mass is 388 g/mol. The Morgan fingerprint density at radius 3 is 1.52 bits per heavy atom. The number of hydrogen-bond donors (Lipinski definition) is 0. The highest BCUT2D eigenvalue weighted by Gasteiger charge is 2.05. The van der Waals surface area contributed by atoms with Crippen LogP contribution in [0.2, 0.25) is 0 Å². The van der Waals surface area contributed by atoms with Gasteiger partial charge < -0.3 is 9.80 Å². The van der Waals surface area contributed by atoms with E-state index in [1.54, 1.807) is 0 Å². The van der Waals surface area contributed by atoms with E-state index in [1.165, 1.54) is 27.2 Å². The number of thiocarbonyl (C=S) groups is 2. The third-order valence-electron chi connectivity index (χ3n) is 2.77. The molecule has 0 unspecified atom stereocenters. The van der Waals surface area contributed by atoms with E-state index in [-0.39, 0.29) is 0 Å². The van der Waals surface area contributed by atoms with E-state index in [2.05, 4.69) is 0 Å². The van der Waals surface area contributed by atoms with Crippen molar-refractivity contribution in [1.29, 1.82) is 0 Å². The summed E-state index contributed by atoms with van der Waals surface area (Å²) in [7, 11) is 10.7. The minimum Gasteiger partial charge on any atom is -0.363 e. The Bertz CT molecular complexity index is 528. The van der Waals surface area contributed by atoms with Gasteiger partial charge in [-0.15, -0.1) is 0 Å². The SMILES string of the molecule is CN(C)C(=S)SSC(=S)N(C)C.Cc1cc(C)c(C=O)c(C)c1. The molecular formula is C16H24N2OS4. The fourth-order valence-electron chi connectivity index (χ4n) is 1.60. The first-order chi connectivity index (χ1) is 10.6. The number of rotatable bonds is 1. The molecule has 0 fully saturated rings. The van der Waals surface area contributed by atoms with Crippen molar-refractivity contribution in [3.63, 3.8) is 0 Å². The highest BCUT2D eigenvalue weighted by molar-refractivity contribution is 8.89. The van der Waals surface area contributed by atoms with E-state index >= 15 is 0 Å². The van der Waals surface area contributed by atoms with Crippen LogP contribution in [0.4, 0.5) is 0 Å². The van der Waals surface area contributed by atoms with Crippen molar-refractivity contribution >= 4 is 61.0 Å². The number of aldehydes is 1. The van der Waals surface area contributed by atoms with Crippen molar-refractivity contribution in [3.05, 3.63) is 34.4 Å². The average Bonchev–Trinajstić information content (AvgIpc) is 2.44. The summed E-state index contributed by atoms with van der Waals surface area (Å²) in [5, 5.41) is 0. The van der Waals surface area contributed by atoms with Crippen LogP contribution in [-0.4, -0.2) is 52.9 Å². The molecule has 0 amide bonds. The third-order valence-corrected chi connectivity index (χ3v) is 6.93. The van der Waals surface area contributed by atoms with E-state index in [0.29, 0.717) is 0 Å². The summed E-state index contributed by atoms with van der Waals surface area (Å²) >= 11 is 10.1. The number of aryl methyl sites for hydroxylation is 3. The summed E-state index contributed by atoms with van der Waals surface area (Å²) < 4.78 is 1.67. The molecule has 1 aromatic carbocycles. The summed E-state index contributed by atoms with van der Waals surface area (Å²) in [4.78, 5) is 14.3. The van der Waals surface area contributed by atoms with Gasteiger partial charge in [0.05, 0.1) is 0 Å². The molecule has 0 heterocycles. The number of nitrogens with zero attached hydrogens (tertiary/aromatic N) is 2. The zero-order chi connectivity index (χ0) is 18.2. The molecule has 128 valence electrons. The molecule has 0 aliphatic rings. The maximum atomic E-state index is 10.6. The lowest BCUT2D eigenvalue weighted by Crippen LogP contribution is -2.18. The molecule has 0 N–H and O–H groups in total. The standard InChI is InChI=1S/C10H12O.C6H12N2S4/c1-7-4-8(2)10(6-11)9(3)5-7;1-7(2)5(9)11-12-6(10)8(3)4/h4-6H,1-3H3;1-4H3. The zero-order valence-electron chi connectivity index (χ0n) is 14.7. The van der Waals surface area contributed by atoms with Gasteiger partial charge in [-0.3, -0.25) is 4.79 Å². The minimum absolute atomic E-state index is 0.829. The molecule has 7 heteroatoms. The summed E-state index contributed by atoms with van der Waals surface area (Å²) in [5.74, 6) is 0. The van der Waals surface area contributed by atoms with Gasteiger partial charge in [-0.25, -0.2) is 0 Å². The molecule has 0 aliphatic carbocycles. The van der Waals surface area contributed by atoms with Crippen LogP contribution < -0.4 is 0 Å². The Balaban J connectivity index is 0.000000422. The predicted molar refractivity (Wildman–Crippen MR) is 114 cm³/mol. The molecule has 0 saturated heterocycles. The number of carbonyl (C=O) groups excluding carboxylic acids is 1. The fraction of sp³-hybridized carbons (Fsp3) is 0.438. The zero-order valence-corrected chi connectivity index (χ0v) is 17.9. The summed E-state index contributed by atoms with van der Waals surface area (Å²) in [5.41, 5.74) is 4.18. The van der Waals surface area contributed by atoms with E-state index in [0.717, 1.165) is 31.6 Å². The quantitative estimate of drug-likeness (QED) is 0.397. The van der Waals surface area contributed by atoms with E-state index in [1.807, 2.05) is 70.9 Å². The second-order valence-electron chi connectivity index (χ2n) is 5.42. The van der Waals surface area contributed by atoms with Crippen molar-refractivity contribution in [1.82, 2.24) is 9.80 Å². The molecule has 0 spiro atoms. The topological polar surface area (TPSA) is 23.6 Å². The molecule has 0 radical (unpaired) electrons. The second-order valence-corrected chi connectivity index (χ2v) is 8.81. The van der Waals surface area contributed by atoms with Crippen molar-refractivity contribution in [3.8, 4) is 0 Å². The molecule has 1 aromatic rings. The molecule has 3 nitrogen and oxygen atoms in total. The molecule has 0 bridgehead atoms. The van der Waals surface area contributed by atoms with Crippen LogP contribution in [-0.2, 0) is 0 Å². The van der Waals surface area contributed by atoms with Crippen LogP contribution in [0.5, 0.6) is 0 Å². The van der Waals surface area contributed by atoms with E-state index in [9.17, 15) is 4.79 Å². The average molecular weight is 389 g/mol. The van der Waals surface area contributed by atoms with Gasteiger partial charge in [0.1, 0.15) is 8.64 Å². The second kappa shape index (κ2) is 11.0. The third kappa shape index (κ3) is 8.69. The first-order valence-electron chi connectivity index (χ1n) is 6.90. The van der Waals surface area contributed by atoms with Crippen LogP contribution in [0.25, 0.3) is 0 Å². The lowest BCUT2D eigenvalue weighted by atomic mass is 10.0. The van der Waals surface area contributed by atoms with Crippen LogP contribution in [0.1, 0.15) is 27.0 Å². The summed E-state index contributed by atoms with van der Waals surface area (Å²) in [6.45, 7) is 5.96. The van der Waals surface area contributed by atoms with Crippen molar-refractivity contribution in [2.75, 3.05) is 28.2 Å². The molecule has 0 saturated carbocycles. The molecule has 0 aromatic heterocycles. The van der Waals surface area contributed by atoms with Gasteiger partial charge in [0, 0.05) is 33.8 Å². The first-order valence-corrected chi connectivity index (χ1v) is 9.86. The fourth-order valence-corrected chi connectivity index (χ4v) is 3.97. The number of carbonyl (C=O) groups is 1. The highest BCUT2D eigenvalue weighted by atomic mass is 33.1. The Hall–Kier alpha value is -0.630. The van der Waals surface area contributed by atoms with Gasteiger partial charge >= 0.3 is 0 Å². The smallest absolute Gasteiger partial charge is 0.150 e. The van der Waals surface area contributed by atoms with Crippen LogP contribution >= 0.6 is 46.0 Å². The summed E-state index contributed by atoms with van der Waals surface area (Å²) in [6, 6.07) is 4.05. The van der Waals surface area contributed by atoms with Gasteiger partial charge in [0.15, 0.2) is 6.29 Å². The first kappa shape index (κ1) is 22.4. The number of hydrogen-bond acceptors (Lipinski definition) is 5. The van der Waals surface area contributed by atoms with Gasteiger partial charge in [-0.2, -0.15) is 0 Å². The highest BCUT2D eigenvalue weighted by Crippen LogP contribution is 2.26. The van der Waals surface area contributed by atoms with Gasteiger partial charge in [0.25, 0.3) is 0 Å². The van der Waals surface area contributed by atoms with Crippen molar-refractivity contribution in [2.24, 2.45) is 0 Å². The van der Waals surface area contributed by atoms with Gasteiger partial charge in [-0.05, 0) is 53.5 Å². The lowest BCUT2D eigenvalue weighted by Gasteiger charge is -2.15. The Morgan fingerprint density at radius 2 is 1.26 bits per heavy atom. The normalized spacial score (nSPS) is 9.52. The number of benzene rings is 1. The molecule has 0 atom stereocenters. The van der Waals surface area contributed by atoms with Gasteiger partial charge in [-0.1, -0.05) is 42.1 Å². The molecule has 0 aliphatic heterocycles. The Morgan fingerprint density at radius 1 is 0.913 bits per heavy atom. The Kier molecular flexibility index (Phi) is 10.7. The van der Waals surface area contributed by atoms with Gasteiger partial charge in [0.2, 0.25) is 0 Å². The predicted octanol–water partition coefficient (Wildman–Crippen LogP) is 4.49. The maximum Gasteiger partial charge on any atom is 0.150 e. The van der Waals surface area contributed by atoms with Crippen LogP contribution in [0.15, 0.2) is 12.1 Å². The largest absolute Gasteiger partial charge is 0.363 e. The molecular weight excluding hydrogens is 364 g/mol. The maximum absolute atomic E-state index is 10.6. The lowest BCUT2D eigenvalue weighted by molar-refractivity contribution is 0.112. The summed E-state index contributed by atoms with van der Waals surface area (Å²) in [6.07, 6.45) is 0.921. The van der Waals surface area contributed by atoms with Crippen LogP contribution in [0, 0.1) is 20.8 Å². The molecule has 1 rings (SSSR count). The molecule has 23 heavy (non-hydrogen) atoms.